The lowest BCUT2D eigenvalue weighted by Gasteiger charge is -2.37. The standard InChI is InChI=1S/C36H40N2O5/c1-3-42-36(41)35-26(2)38(24-34(40)37-20-18-28(19-21-37)22-27-10-6-4-7-11-27)33(39)23-32(35)30-14-16-31(17-15-30)43-25-29-12-8-5-9-13-29/h4-17,28,32H,3,18-25H2,1-2H3. The van der Waals surface area contributed by atoms with E-state index in [1.807, 2.05) is 65.6 Å². The number of amides is 2. The molecule has 0 N–H and O–H groups in total. The highest BCUT2D eigenvalue weighted by molar-refractivity contribution is 5.97. The van der Waals surface area contributed by atoms with E-state index in [4.69, 9.17) is 9.47 Å². The van der Waals surface area contributed by atoms with Crippen molar-refractivity contribution in [3.8, 4) is 5.75 Å². The van der Waals surface area contributed by atoms with Gasteiger partial charge >= 0.3 is 5.97 Å². The van der Waals surface area contributed by atoms with Gasteiger partial charge < -0.3 is 19.3 Å². The Labute approximate surface area is 254 Å². The molecule has 1 atom stereocenters. The molecule has 0 spiro atoms. The Kier molecular flexibility index (Phi) is 9.92. The van der Waals surface area contributed by atoms with E-state index >= 15 is 0 Å². The van der Waals surface area contributed by atoms with Gasteiger partial charge in [0.2, 0.25) is 11.8 Å². The molecule has 1 fully saturated rings. The summed E-state index contributed by atoms with van der Waals surface area (Å²) in [4.78, 5) is 43.3. The molecule has 1 saturated heterocycles. The third-order valence-electron chi connectivity index (χ3n) is 8.48. The van der Waals surface area contributed by atoms with Gasteiger partial charge in [0, 0.05) is 31.1 Å². The maximum atomic E-state index is 13.5. The third kappa shape index (κ3) is 7.53. The molecule has 5 rings (SSSR count). The van der Waals surface area contributed by atoms with Crippen molar-refractivity contribution in [1.29, 1.82) is 0 Å². The second-order valence-electron chi connectivity index (χ2n) is 11.3. The Hall–Kier alpha value is -4.39. The average molecular weight is 581 g/mol. The lowest BCUT2D eigenvalue weighted by atomic mass is 9.83. The zero-order valence-corrected chi connectivity index (χ0v) is 25.0. The number of likely N-dealkylation sites (tertiary alicyclic amines) is 1. The first-order valence-corrected chi connectivity index (χ1v) is 15.2. The van der Waals surface area contributed by atoms with Crippen LogP contribution in [0.15, 0.2) is 96.2 Å². The van der Waals surface area contributed by atoms with E-state index in [9.17, 15) is 14.4 Å². The molecule has 0 bridgehead atoms. The summed E-state index contributed by atoms with van der Waals surface area (Å²) in [5, 5.41) is 0. The molecular weight excluding hydrogens is 540 g/mol. The lowest BCUT2D eigenvalue weighted by molar-refractivity contribution is -0.143. The number of rotatable bonds is 10. The monoisotopic (exact) mass is 580 g/mol. The van der Waals surface area contributed by atoms with Crippen LogP contribution in [0.3, 0.4) is 0 Å². The maximum absolute atomic E-state index is 13.5. The van der Waals surface area contributed by atoms with Gasteiger partial charge in [-0.15, -0.1) is 0 Å². The van der Waals surface area contributed by atoms with Gasteiger partial charge in [0.1, 0.15) is 18.9 Å². The number of benzene rings is 3. The molecule has 1 unspecified atom stereocenters. The summed E-state index contributed by atoms with van der Waals surface area (Å²) in [7, 11) is 0. The molecule has 7 heteroatoms. The van der Waals surface area contributed by atoms with Crippen molar-refractivity contribution in [2.75, 3.05) is 26.2 Å². The molecule has 0 aromatic heterocycles. The van der Waals surface area contributed by atoms with Gasteiger partial charge in [0.25, 0.3) is 0 Å². The van der Waals surface area contributed by atoms with E-state index in [0.29, 0.717) is 42.6 Å². The minimum absolute atomic E-state index is 0.0735. The lowest BCUT2D eigenvalue weighted by Crippen LogP contribution is -2.47. The number of hydrogen-bond acceptors (Lipinski definition) is 5. The quantitative estimate of drug-likeness (QED) is 0.279. The summed E-state index contributed by atoms with van der Waals surface area (Å²) in [6, 6.07) is 27.9. The predicted octanol–water partition coefficient (Wildman–Crippen LogP) is 5.90. The number of carbonyl (C=O) groups is 3. The van der Waals surface area contributed by atoms with Gasteiger partial charge in [0.05, 0.1) is 12.2 Å². The van der Waals surface area contributed by atoms with Crippen molar-refractivity contribution in [3.05, 3.63) is 113 Å². The first-order chi connectivity index (χ1) is 20.9. The number of carbonyl (C=O) groups excluding carboxylic acids is 3. The molecule has 2 aliphatic rings. The van der Waals surface area contributed by atoms with Crippen LogP contribution in [0.25, 0.3) is 0 Å². The van der Waals surface area contributed by atoms with Crippen molar-refractivity contribution in [2.45, 2.75) is 52.1 Å². The summed E-state index contributed by atoms with van der Waals surface area (Å²) in [5.74, 6) is 0.0551. The average Bonchev–Trinajstić information content (AvgIpc) is 3.03. The van der Waals surface area contributed by atoms with Gasteiger partial charge in [-0.05, 0) is 67.9 Å². The Morgan fingerprint density at radius 3 is 2.12 bits per heavy atom. The Balaban J connectivity index is 1.26. The van der Waals surface area contributed by atoms with Crippen LogP contribution < -0.4 is 4.74 Å². The van der Waals surface area contributed by atoms with Gasteiger partial charge in [-0.1, -0.05) is 72.8 Å². The molecule has 224 valence electrons. The molecule has 43 heavy (non-hydrogen) atoms. The molecule has 0 radical (unpaired) electrons. The highest BCUT2D eigenvalue weighted by Crippen LogP contribution is 2.38. The van der Waals surface area contributed by atoms with E-state index in [0.717, 1.165) is 30.4 Å². The molecule has 2 aliphatic heterocycles. The number of allylic oxidation sites excluding steroid dienone is 1. The summed E-state index contributed by atoms with van der Waals surface area (Å²) in [6.07, 6.45) is 2.97. The van der Waals surface area contributed by atoms with E-state index in [2.05, 4.69) is 24.3 Å². The van der Waals surface area contributed by atoms with Gasteiger partial charge in [0.15, 0.2) is 0 Å². The fourth-order valence-corrected chi connectivity index (χ4v) is 6.07. The Morgan fingerprint density at radius 1 is 0.860 bits per heavy atom. The van der Waals surface area contributed by atoms with Crippen molar-refractivity contribution in [2.24, 2.45) is 5.92 Å². The number of hydrogen-bond donors (Lipinski definition) is 0. The number of esters is 1. The molecule has 0 aliphatic carbocycles. The third-order valence-corrected chi connectivity index (χ3v) is 8.48. The zero-order valence-electron chi connectivity index (χ0n) is 25.0. The van der Waals surface area contributed by atoms with Crippen LogP contribution in [-0.2, 0) is 32.1 Å². The van der Waals surface area contributed by atoms with Crippen molar-refractivity contribution < 1.29 is 23.9 Å². The van der Waals surface area contributed by atoms with Crippen LogP contribution in [0.1, 0.15) is 55.7 Å². The number of ether oxygens (including phenoxy) is 2. The second-order valence-corrected chi connectivity index (χ2v) is 11.3. The normalized spacial score (nSPS) is 17.6. The summed E-state index contributed by atoms with van der Waals surface area (Å²) in [6.45, 7) is 5.45. The minimum atomic E-state index is -0.463. The van der Waals surface area contributed by atoms with Crippen LogP contribution in [0.4, 0.5) is 0 Å². The van der Waals surface area contributed by atoms with E-state index in [1.54, 1.807) is 13.8 Å². The molecule has 2 heterocycles. The fraction of sp³-hybridized carbons (Fsp3) is 0.361. The SMILES string of the molecule is CCOC(=O)C1=C(C)N(CC(=O)N2CCC(Cc3ccccc3)CC2)C(=O)CC1c1ccc(OCc2ccccc2)cc1. The first-order valence-electron chi connectivity index (χ1n) is 15.2. The van der Waals surface area contributed by atoms with E-state index < -0.39 is 11.9 Å². The summed E-state index contributed by atoms with van der Waals surface area (Å²) >= 11 is 0. The van der Waals surface area contributed by atoms with Gasteiger partial charge in [-0.3, -0.25) is 9.59 Å². The van der Waals surface area contributed by atoms with Crippen LogP contribution in [-0.4, -0.2) is 53.8 Å². The molecular formula is C36H40N2O5. The van der Waals surface area contributed by atoms with Crippen LogP contribution in [0, 0.1) is 5.92 Å². The Bertz CT molecular complexity index is 1430. The maximum Gasteiger partial charge on any atom is 0.336 e. The van der Waals surface area contributed by atoms with Crippen molar-refractivity contribution in [1.82, 2.24) is 9.80 Å². The number of piperidine rings is 1. The second kappa shape index (κ2) is 14.2. The largest absolute Gasteiger partial charge is 0.489 e. The smallest absolute Gasteiger partial charge is 0.336 e. The molecule has 2 amide bonds. The molecule has 3 aromatic carbocycles. The summed E-state index contributed by atoms with van der Waals surface area (Å²) in [5.41, 5.74) is 4.13. The Morgan fingerprint density at radius 2 is 1.49 bits per heavy atom. The zero-order chi connectivity index (χ0) is 30.2. The van der Waals surface area contributed by atoms with Crippen LogP contribution in [0.5, 0.6) is 5.75 Å². The van der Waals surface area contributed by atoms with E-state index in [1.165, 1.54) is 10.5 Å². The highest BCUT2D eigenvalue weighted by atomic mass is 16.5. The molecule has 3 aromatic rings. The fourth-order valence-electron chi connectivity index (χ4n) is 6.07. The van der Waals surface area contributed by atoms with E-state index in [-0.39, 0.29) is 31.4 Å². The molecule has 7 nitrogen and oxygen atoms in total. The van der Waals surface area contributed by atoms with Crippen molar-refractivity contribution >= 4 is 17.8 Å². The summed E-state index contributed by atoms with van der Waals surface area (Å²) < 4.78 is 11.3. The van der Waals surface area contributed by atoms with Crippen LogP contribution in [0.2, 0.25) is 0 Å². The van der Waals surface area contributed by atoms with Gasteiger partial charge in [-0.25, -0.2) is 4.79 Å². The highest BCUT2D eigenvalue weighted by Gasteiger charge is 2.38. The van der Waals surface area contributed by atoms with Crippen molar-refractivity contribution in [3.63, 3.8) is 0 Å². The van der Waals surface area contributed by atoms with Gasteiger partial charge in [-0.2, -0.15) is 0 Å². The number of nitrogens with zero attached hydrogens (tertiary/aromatic N) is 2. The minimum Gasteiger partial charge on any atom is -0.489 e. The predicted molar refractivity (Wildman–Crippen MR) is 165 cm³/mol. The molecule has 0 saturated carbocycles. The topological polar surface area (TPSA) is 76.2 Å². The van der Waals surface area contributed by atoms with Crippen LogP contribution >= 0.6 is 0 Å². The first kappa shape index (κ1) is 30.1.